The molecule has 0 amide bonds. The Labute approximate surface area is 156 Å². The summed E-state index contributed by atoms with van der Waals surface area (Å²) in [6.07, 6.45) is 8.13. The molecule has 2 aromatic rings. The molecule has 1 heterocycles. The van der Waals surface area contributed by atoms with Crippen LogP contribution in [0.1, 0.15) is 38.5 Å². The van der Waals surface area contributed by atoms with Gasteiger partial charge in [-0.05, 0) is 62.3 Å². The van der Waals surface area contributed by atoms with Crippen molar-refractivity contribution in [3.05, 3.63) is 34.6 Å². The van der Waals surface area contributed by atoms with E-state index < -0.39 is 5.82 Å². The Kier molecular flexibility index (Phi) is 3.68. The maximum atomic E-state index is 13.9. The van der Waals surface area contributed by atoms with Crippen LogP contribution in [0.15, 0.2) is 23.3 Å². The Morgan fingerprint density at radius 2 is 1.85 bits per heavy atom. The predicted octanol–water partition coefficient (Wildman–Crippen LogP) is 3.33. The Morgan fingerprint density at radius 3 is 2.44 bits per heavy atom. The first-order valence-electron chi connectivity index (χ1n) is 9.73. The molecule has 6 heteroatoms. The van der Waals surface area contributed by atoms with Gasteiger partial charge < -0.3 is 4.74 Å². The highest BCUT2D eigenvalue weighted by Crippen LogP contribution is 2.60. The molecule has 4 aliphatic carbocycles. The van der Waals surface area contributed by atoms with Crippen molar-refractivity contribution in [2.45, 2.75) is 45.1 Å². The van der Waals surface area contributed by atoms with E-state index in [9.17, 15) is 14.0 Å². The van der Waals surface area contributed by atoms with Gasteiger partial charge in [0, 0.05) is 11.5 Å². The van der Waals surface area contributed by atoms with Gasteiger partial charge in [-0.15, -0.1) is 0 Å². The maximum absolute atomic E-state index is 13.9. The highest BCUT2D eigenvalue weighted by molar-refractivity contribution is 5.86. The molecular weight excluding hydrogens is 347 g/mol. The van der Waals surface area contributed by atoms with E-state index in [0.717, 1.165) is 19.3 Å². The number of ether oxygens (including phenoxy) is 1. The van der Waals surface area contributed by atoms with Gasteiger partial charge in [0.2, 0.25) is 0 Å². The molecule has 4 fully saturated rings. The summed E-state index contributed by atoms with van der Waals surface area (Å²) in [6.45, 7) is 0.0492. The Bertz CT molecular complexity index is 962. The lowest BCUT2D eigenvalue weighted by molar-refractivity contribution is -0.144. The Hall–Kier alpha value is -2.24. The number of rotatable bonds is 4. The number of Topliss-reactive ketones (excluding diaryl/α,β-unsaturated/α-hetero) is 1. The number of fused-ring (bicyclic) bond motifs is 1. The number of benzene rings is 1. The molecule has 0 saturated heterocycles. The average molecular weight is 370 g/mol. The second-order valence-electron chi connectivity index (χ2n) is 8.80. The summed E-state index contributed by atoms with van der Waals surface area (Å²) in [5.41, 5.74) is -0.294. The van der Waals surface area contributed by atoms with Crippen LogP contribution < -0.4 is 10.3 Å². The molecule has 4 bridgehead atoms. The summed E-state index contributed by atoms with van der Waals surface area (Å²) in [5.74, 6) is 1.65. The van der Waals surface area contributed by atoms with Gasteiger partial charge in [0.15, 0.2) is 17.3 Å². The van der Waals surface area contributed by atoms with Crippen LogP contribution in [0.2, 0.25) is 0 Å². The monoisotopic (exact) mass is 370 g/mol. The van der Waals surface area contributed by atoms with Crippen LogP contribution in [-0.4, -0.2) is 22.4 Å². The number of carbonyl (C=O) groups excluding carboxylic acids is 1. The SMILES string of the molecule is COc1cc2c(=O)n(CC(=O)C34CC5CC(CC(C5)C3)C4)cnc2cc1F. The van der Waals surface area contributed by atoms with E-state index in [4.69, 9.17) is 4.74 Å². The summed E-state index contributed by atoms with van der Waals surface area (Å²) in [5, 5.41) is 0.272. The molecule has 4 aliphatic rings. The lowest BCUT2D eigenvalue weighted by atomic mass is 9.48. The molecule has 0 aliphatic heterocycles. The van der Waals surface area contributed by atoms with E-state index >= 15 is 0 Å². The first-order valence-corrected chi connectivity index (χ1v) is 9.73. The van der Waals surface area contributed by atoms with Gasteiger partial charge >= 0.3 is 0 Å². The average Bonchev–Trinajstić information content (AvgIpc) is 2.62. The second kappa shape index (κ2) is 5.88. The standard InChI is InChI=1S/C21H23FN2O3/c1-27-18-5-15-17(6-16(18)22)23-11-24(20(15)26)10-19(25)21-7-12-2-13(8-21)4-14(3-12)9-21/h5-6,11-14H,2-4,7-10H2,1H3. The minimum absolute atomic E-state index is 0.00607. The van der Waals surface area contributed by atoms with Crippen LogP contribution in [0, 0.1) is 29.0 Å². The molecule has 0 radical (unpaired) electrons. The summed E-state index contributed by atoms with van der Waals surface area (Å²) in [6, 6.07) is 2.56. The molecule has 0 N–H and O–H groups in total. The van der Waals surface area contributed by atoms with Gasteiger partial charge in [0.1, 0.15) is 0 Å². The van der Waals surface area contributed by atoms with E-state index in [1.807, 2.05) is 0 Å². The van der Waals surface area contributed by atoms with Crippen molar-refractivity contribution in [1.82, 2.24) is 9.55 Å². The molecule has 5 nitrogen and oxygen atoms in total. The number of halogens is 1. The lowest BCUT2D eigenvalue weighted by Crippen LogP contribution is -2.51. The topological polar surface area (TPSA) is 61.2 Å². The van der Waals surface area contributed by atoms with Crippen molar-refractivity contribution in [3.63, 3.8) is 0 Å². The molecule has 6 rings (SSSR count). The quantitative estimate of drug-likeness (QED) is 0.828. The number of nitrogens with zero attached hydrogens (tertiary/aromatic N) is 2. The number of hydrogen-bond donors (Lipinski definition) is 0. The van der Waals surface area contributed by atoms with Gasteiger partial charge in [-0.1, -0.05) is 0 Å². The number of hydrogen-bond acceptors (Lipinski definition) is 4. The Morgan fingerprint density at radius 1 is 1.22 bits per heavy atom. The number of aromatic nitrogens is 2. The van der Waals surface area contributed by atoms with E-state index in [1.165, 1.54) is 49.4 Å². The molecule has 27 heavy (non-hydrogen) atoms. The molecule has 1 aromatic heterocycles. The van der Waals surface area contributed by atoms with Crippen molar-refractivity contribution in [2.75, 3.05) is 7.11 Å². The molecule has 0 unspecified atom stereocenters. The maximum Gasteiger partial charge on any atom is 0.261 e. The van der Waals surface area contributed by atoms with Crippen LogP contribution in [-0.2, 0) is 11.3 Å². The highest BCUT2D eigenvalue weighted by Gasteiger charge is 2.54. The third-order valence-corrected chi connectivity index (χ3v) is 7.04. The number of ketones is 1. The number of carbonyl (C=O) groups is 1. The van der Waals surface area contributed by atoms with Gasteiger partial charge in [-0.3, -0.25) is 14.2 Å². The minimum atomic E-state index is -0.556. The van der Waals surface area contributed by atoms with Gasteiger partial charge in [0.25, 0.3) is 5.56 Å². The van der Waals surface area contributed by atoms with Crippen LogP contribution in [0.25, 0.3) is 10.9 Å². The molecule has 142 valence electrons. The summed E-state index contributed by atoms with van der Waals surface area (Å²) < 4.78 is 20.2. The predicted molar refractivity (Wildman–Crippen MR) is 98.1 cm³/mol. The normalized spacial score (nSPS) is 31.4. The minimum Gasteiger partial charge on any atom is -0.494 e. The van der Waals surface area contributed by atoms with E-state index in [2.05, 4.69) is 4.98 Å². The van der Waals surface area contributed by atoms with Crippen molar-refractivity contribution >= 4 is 16.7 Å². The number of methoxy groups -OCH3 is 1. The van der Waals surface area contributed by atoms with Gasteiger partial charge in [-0.25, -0.2) is 9.37 Å². The molecule has 1 aromatic carbocycles. The fourth-order valence-electron chi connectivity index (χ4n) is 6.20. The summed E-state index contributed by atoms with van der Waals surface area (Å²) >= 11 is 0. The van der Waals surface area contributed by atoms with Crippen molar-refractivity contribution in [2.24, 2.45) is 23.2 Å². The fourth-order valence-corrected chi connectivity index (χ4v) is 6.20. The van der Waals surface area contributed by atoms with Crippen molar-refractivity contribution in [1.29, 1.82) is 0 Å². The smallest absolute Gasteiger partial charge is 0.261 e. The third-order valence-electron chi connectivity index (χ3n) is 7.04. The van der Waals surface area contributed by atoms with E-state index in [1.54, 1.807) is 0 Å². The second-order valence-corrected chi connectivity index (χ2v) is 8.80. The van der Waals surface area contributed by atoms with Gasteiger partial charge in [0.05, 0.1) is 30.9 Å². The van der Waals surface area contributed by atoms with Crippen LogP contribution in [0.5, 0.6) is 5.75 Å². The molecule has 4 saturated carbocycles. The summed E-state index contributed by atoms with van der Waals surface area (Å²) in [7, 11) is 1.36. The molecular formula is C21H23FN2O3. The first-order chi connectivity index (χ1) is 13.0. The van der Waals surface area contributed by atoms with Gasteiger partial charge in [-0.2, -0.15) is 0 Å². The van der Waals surface area contributed by atoms with E-state index in [0.29, 0.717) is 17.8 Å². The van der Waals surface area contributed by atoms with Crippen molar-refractivity contribution in [3.8, 4) is 5.75 Å². The third kappa shape index (κ3) is 2.60. The zero-order chi connectivity index (χ0) is 18.8. The Balaban J connectivity index is 1.48. The summed E-state index contributed by atoms with van der Waals surface area (Å²) in [4.78, 5) is 30.3. The lowest BCUT2D eigenvalue weighted by Gasteiger charge is -2.56. The first kappa shape index (κ1) is 16.9. The van der Waals surface area contributed by atoms with Crippen LogP contribution in [0.4, 0.5) is 4.39 Å². The van der Waals surface area contributed by atoms with Crippen molar-refractivity contribution < 1.29 is 13.9 Å². The zero-order valence-corrected chi connectivity index (χ0v) is 15.4. The molecule has 0 atom stereocenters. The zero-order valence-electron chi connectivity index (χ0n) is 15.4. The van der Waals surface area contributed by atoms with Crippen LogP contribution >= 0.6 is 0 Å². The van der Waals surface area contributed by atoms with E-state index in [-0.39, 0.29) is 40.0 Å². The fraction of sp³-hybridized carbons (Fsp3) is 0.571. The van der Waals surface area contributed by atoms with Crippen LogP contribution in [0.3, 0.4) is 0 Å². The molecule has 0 spiro atoms. The highest BCUT2D eigenvalue weighted by atomic mass is 19.1. The largest absolute Gasteiger partial charge is 0.494 e.